The van der Waals surface area contributed by atoms with Gasteiger partial charge in [-0.1, -0.05) is 59.2 Å². The maximum Gasteiger partial charge on any atom is 0.347 e. The van der Waals surface area contributed by atoms with Gasteiger partial charge in [0.15, 0.2) is 6.10 Å². The number of hydrogen-bond donors (Lipinski definition) is 1. The van der Waals surface area contributed by atoms with Gasteiger partial charge in [0.1, 0.15) is 5.75 Å². The van der Waals surface area contributed by atoms with Crippen LogP contribution in [0.15, 0.2) is 42.5 Å². The van der Waals surface area contributed by atoms with Gasteiger partial charge >= 0.3 is 5.97 Å². The van der Waals surface area contributed by atoms with Crippen LogP contribution in [0.3, 0.4) is 0 Å². The molecule has 1 N–H and O–H groups in total. The van der Waals surface area contributed by atoms with Crippen molar-refractivity contribution in [2.45, 2.75) is 72.3 Å². The summed E-state index contributed by atoms with van der Waals surface area (Å²) >= 11 is 0. The summed E-state index contributed by atoms with van der Waals surface area (Å²) in [6, 6.07) is 13.0. The summed E-state index contributed by atoms with van der Waals surface area (Å²) in [4.78, 5) is 24.9. The molecule has 2 aromatic rings. The number of ether oxygens (including phenoxy) is 2. The molecule has 0 heterocycles. The molecule has 5 nitrogen and oxygen atoms in total. The molecule has 0 fully saturated rings. The van der Waals surface area contributed by atoms with Crippen molar-refractivity contribution in [3.8, 4) is 5.75 Å². The molecule has 0 spiro atoms. The number of esters is 1. The first kappa shape index (κ1) is 24.4. The van der Waals surface area contributed by atoms with Gasteiger partial charge in [-0.15, -0.1) is 0 Å². The summed E-state index contributed by atoms with van der Waals surface area (Å²) in [5, 5.41) is 3.11. The second-order valence-corrected chi connectivity index (χ2v) is 8.38. The molecule has 5 heteroatoms. The van der Waals surface area contributed by atoms with Crippen molar-refractivity contribution in [1.29, 1.82) is 0 Å². The average Bonchev–Trinajstić information content (AvgIpc) is 2.74. The van der Waals surface area contributed by atoms with Crippen LogP contribution in [0.5, 0.6) is 5.75 Å². The number of para-hydroxylation sites is 1. The van der Waals surface area contributed by atoms with Crippen molar-refractivity contribution < 1.29 is 19.1 Å². The van der Waals surface area contributed by atoms with Crippen molar-refractivity contribution in [3.05, 3.63) is 59.2 Å². The highest BCUT2D eigenvalue weighted by Gasteiger charge is 2.18. The van der Waals surface area contributed by atoms with Crippen LogP contribution in [0.25, 0.3) is 0 Å². The molecular weight excluding hydrogens is 390 g/mol. The SMILES string of the molecule is CCCCOC(=O)C(C)Oc1ccc(C(=O)Nc2c(C(C)C)cccc2C(C)C)cc1. The van der Waals surface area contributed by atoms with E-state index >= 15 is 0 Å². The van der Waals surface area contributed by atoms with Gasteiger partial charge in [-0.05, 0) is 60.6 Å². The zero-order chi connectivity index (χ0) is 23.0. The Labute approximate surface area is 186 Å². The first-order valence-corrected chi connectivity index (χ1v) is 11.1. The second kappa shape index (κ2) is 11.5. The Morgan fingerprint density at radius 1 is 0.903 bits per heavy atom. The number of amides is 1. The molecule has 0 aromatic heterocycles. The number of anilines is 1. The zero-order valence-corrected chi connectivity index (χ0v) is 19.5. The fraction of sp³-hybridized carbons (Fsp3) is 0.462. The van der Waals surface area contributed by atoms with E-state index in [9.17, 15) is 9.59 Å². The lowest BCUT2D eigenvalue weighted by Gasteiger charge is -2.20. The maximum absolute atomic E-state index is 12.9. The van der Waals surface area contributed by atoms with Crippen molar-refractivity contribution >= 4 is 17.6 Å². The van der Waals surface area contributed by atoms with Crippen molar-refractivity contribution in [1.82, 2.24) is 0 Å². The minimum absolute atomic E-state index is 0.173. The molecule has 0 radical (unpaired) electrons. The number of rotatable bonds is 10. The van der Waals surface area contributed by atoms with Crippen molar-refractivity contribution in [2.75, 3.05) is 11.9 Å². The standard InChI is InChI=1S/C26H35NO4/c1-7-8-16-30-26(29)19(6)31-21-14-12-20(13-15-21)25(28)27-24-22(17(2)3)10-9-11-23(24)18(4)5/h9-15,17-19H,7-8,16H2,1-6H3,(H,27,28). The normalized spacial score (nSPS) is 12.0. The molecule has 168 valence electrons. The first-order chi connectivity index (χ1) is 14.7. The largest absolute Gasteiger partial charge is 0.479 e. The van der Waals surface area contributed by atoms with Gasteiger partial charge in [0, 0.05) is 11.3 Å². The molecule has 0 saturated carbocycles. The molecule has 31 heavy (non-hydrogen) atoms. The topological polar surface area (TPSA) is 64.6 Å². The van der Waals surface area contributed by atoms with E-state index < -0.39 is 6.10 Å². The van der Waals surface area contributed by atoms with Crippen LogP contribution in [0.2, 0.25) is 0 Å². The maximum atomic E-state index is 12.9. The predicted molar refractivity (Wildman–Crippen MR) is 125 cm³/mol. The van der Waals surface area contributed by atoms with Gasteiger partial charge in [0.2, 0.25) is 0 Å². The molecule has 2 aromatic carbocycles. The van der Waals surface area contributed by atoms with E-state index in [0.717, 1.165) is 29.7 Å². The van der Waals surface area contributed by atoms with Crippen LogP contribution in [0.1, 0.15) is 87.7 Å². The number of unbranched alkanes of at least 4 members (excludes halogenated alkanes) is 1. The Bertz CT molecular complexity index is 845. The van der Waals surface area contributed by atoms with Gasteiger partial charge < -0.3 is 14.8 Å². The molecule has 1 amide bonds. The van der Waals surface area contributed by atoms with Gasteiger partial charge in [-0.25, -0.2) is 4.79 Å². The van der Waals surface area contributed by atoms with Crippen LogP contribution >= 0.6 is 0 Å². The fourth-order valence-electron chi connectivity index (χ4n) is 3.25. The van der Waals surface area contributed by atoms with Crippen LogP contribution in [-0.2, 0) is 9.53 Å². The molecule has 2 rings (SSSR count). The Hall–Kier alpha value is -2.82. The summed E-state index contributed by atoms with van der Waals surface area (Å²) in [5.41, 5.74) is 3.66. The minimum Gasteiger partial charge on any atom is -0.479 e. The highest BCUT2D eigenvalue weighted by atomic mass is 16.6. The lowest BCUT2D eigenvalue weighted by Crippen LogP contribution is -2.26. The summed E-state index contributed by atoms with van der Waals surface area (Å²) in [7, 11) is 0. The number of carbonyl (C=O) groups is 2. The number of carbonyl (C=O) groups excluding carboxylic acids is 2. The lowest BCUT2D eigenvalue weighted by atomic mass is 9.92. The molecule has 0 aliphatic heterocycles. The smallest absolute Gasteiger partial charge is 0.347 e. The average molecular weight is 426 g/mol. The Morgan fingerprint density at radius 2 is 1.48 bits per heavy atom. The van der Waals surface area contributed by atoms with Gasteiger partial charge in [0.05, 0.1) is 6.61 Å². The molecule has 0 aliphatic rings. The van der Waals surface area contributed by atoms with Gasteiger partial charge in [-0.3, -0.25) is 4.79 Å². The third-order valence-corrected chi connectivity index (χ3v) is 5.11. The van der Waals surface area contributed by atoms with E-state index in [4.69, 9.17) is 9.47 Å². The zero-order valence-electron chi connectivity index (χ0n) is 19.5. The monoisotopic (exact) mass is 425 g/mol. The van der Waals surface area contributed by atoms with E-state index in [2.05, 4.69) is 45.1 Å². The number of nitrogens with one attached hydrogen (secondary N) is 1. The van der Waals surface area contributed by atoms with E-state index in [-0.39, 0.29) is 11.9 Å². The number of benzene rings is 2. The van der Waals surface area contributed by atoms with Crippen LogP contribution in [0, 0.1) is 0 Å². The van der Waals surface area contributed by atoms with E-state index in [1.54, 1.807) is 31.2 Å². The van der Waals surface area contributed by atoms with Crippen LogP contribution in [0.4, 0.5) is 5.69 Å². The quantitative estimate of drug-likeness (QED) is 0.358. The Balaban J connectivity index is 2.09. The Morgan fingerprint density at radius 3 is 2.00 bits per heavy atom. The predicted octanol–water partition coefficient (Wildman–Crippen LogP) is 6.30. The first-order valence-electron chi connectivity index (χ1n) is 11.1. The molecular formula is C26H35NO4. The van der Waals surface area contributed by atoms with Crippen LogP contribution in [-0.4, -0.2) is 24.6 Å². The molecule has 1 unspecified atom stereocenters. The van der Waals surface area contributed by atoms with Crippen molar-refractivity contribution in [2.24, 2.45) is 0 Å². The minimum atomic E-state index is -0.706. The lowest BCUT2D eigenvalue weighted by molar-refractivity contribution is -0.151. The highest BCUT2D eigenvalue weighted by Crippen LogP contribution is 2.32. The molecule has 0 saturated heterocycles. The summed E-state index contributed by atoms with van der Waals surface area (Å²) in [5.74, 6) is 0.545. The van der Waals surface area contributed by atoms with E-state index in [0.29, 0.717) is 29.8 Å². The summed E-state index contributed by atoms with van der Waals surface area (Å²) < 4.78 is 10.8. The molecule has 1 atom stereocenters. The third-order valence-electron chi connectivity index (χ3n) is 5.11. The third kappa shape index (κ3) is 6.84. The van der Waals surface area contributed by atoms with E-state index in [1.807, 2.05) is 13.0 Å². The molecule has 0 aliphatic carbocycles. The fourth-order valence-corrected chi connectivity index (χ4v) is 3.25. The van der Waals surface area contributed by atoms with Crippen molar-refractivity contribution in [3.63, 3.8) is 0 Å². The van der Waals surface area contributed by atoms with Gasteiger partial charge in [0.25, 0.3) is 5.91 Å². The Kier molecular flexibility index (Phi) is 9.10. The van der Waals surface area contributed by atoms with Crippen LogP contribution < -0.4 is 10.1 Å². The highest BCUT2D eigenvalue weighted by molar-refractivity contribution is 6.05. The number of hydrogen-bond acceptors (Lipinski definition) is 4. The summed E-state index contributed by atoms with van der Waals surface area (Å²) in [6.07, 6.45) is 1.09. The van der Waals surface area contributed by atoms with Gasteiger partial charge in [-0.2, -0.15) is 0 Å². The molecule has 0 bridgehead atoms. The van der Waals surface area contributed by atoms with E-state index in [1.165, 1.54) is 0 Å². The summed E-state index contributed by atoms with van der Waals surface area (Å²) in [6.45, 7) is 12.6. The second-order valence-electron chi connectivity index (χ2n) is 8.38.